The molecule has 0 aromatic rings. The Morgan fingerprint density at radius 3 is 1.74 bits per heavy atom. The van der Waals surface area contributed by atoms with Gasteiger partial charge in [-0.05, 0) is 12.5 Å². The first-order valence-corrected chi connectivity index (χ1v) is 9.37. The number of carbonyl (C=O) groups is 2. The zero-order chi connectivity index (χ0) is 17.2. The van der Waals surface area contributed by atoms with Crippen molar-refractivity contribution in [1.29, 1.82) is 0 Å². The van der Waals surface area contributed by atoms with Gasteiger partial charge < -0.3 is 10.6 Å². The fourth-order valence-corrected chi connectivity index (χ4v) is 2.50. The van der Waals surface area contributed by atoms with Crippen LogP contribution < -0.4 is 10.6 Å². The van der Waals surface area contributed by atoms with Gasteiger partial charge in [0.1, 0.15) is 0 Å². The third-order valence-electron chi connectivity index (χ3n) is 3.96. The molecule has 0 aliphatic carbocycles. The molecule has 0 spiro atoms. The first-order valence-electron chi connectivity index (χ1n) is 9.37. The minimum Gasteiger partial charge on any atom is -0.355 e. The van der Waals surface area contributed by atoms with E-state index < -0.39 is 0 Å². The molecule has 0 fully saturated rings. The third kappa shape index (κ3) is 16.9. The van der Waals surface area contributed by atoms with Crippen molar-refractivity contribution in [3.8, 4) is 0 Å². The molecule has 2 amide bonds. The molecule has 0 aliphatic heterocycles. The Morgan fingerprint density at radius 1 is 0.783 bits per heavy atom. The zero-order valence-corrected chi connectivity index (χ0v) is 15.0. The molecule has 0 atom stereocenters. The van der Waals surface area contributed by atoms with Crippen molar-refractivity contribution in [2.75, 3.05) is 13.1 Å². The van der Waals surface area contributed by atoms with Crippen LogP contribution in [0.15, 0.2) is 12.7 Å². The highest BCUT2D eigenvalue weighted by Crippen LogP contribution is 2.11. The maximum Gasteiger partial charge on any atom is 0.243 e. The van der Waals surface area contributed by atoms with Crippen molar-refractivity contribution in [2.45, 2.75) is 84.0 Å². The molecule has 4 nitrogen and oxygen atoms in total. The van der Waals surface area contributed by atoms with Gasteiger partial charge in [-0.2, -0.15) is 0 Å². The minimum absolute atomic E-state index is 0.0309. The lowest BCUT2D eigenvalue weighted by Gasteiger charge is -2.06. The molecule has 0 radical (unpaired) electrons. The minimum atomic E-state index is -0.314. The van der Waals surface area contributed by atoms with Gasteiger partial charge in [-0.3, -0.25) is 9.59 Å². The van der Waals surface area contributed by atoms with E-state index in [9.17, 15) is 9.59 Å². The summed E-state index contributed by atoms with van der Waals surface area (Å²) in [5.74, 6) is -0.450. The lowest BCUT2D eigenvalue weighted by atomic mass is 10.1. The Kier molecular flexibility index (Phi) is 16.1. The number of unbranched alkanes of at least 4 members (excludes halogenated alkanes) is 11. The predicted molar refractivity (Wildman–Crippen MR) is 97.3 cm³/mol. The second kappa shape index (κ2) is 17.0. The molecule has 0 heterocycles. The smallest absolute Gasteiger partial charge is 0.243 e. The molecule has 4 heteroatoms. The van der Waals surface area contributed by atoms with E-state index in [1.54, 1.807) is 0 Å². The Labute approximate surface area is 142 Å². The largest absolute Gasteiger partial charge is 0.355 e. The molecule has 0 aliphatic rings. The van der Waals surface area contributed by atoms with Crippen LogP contribution in [0.1, 0.15) is 84.0 Å². The summed E-state index contributed by atoms with van der Waals surface area (Å²) in [6.07, 6.45) is 16.9. The van der Waals surface area contributed by atoms with Gasteiger partial charge in [0, 0.05) is 6.54 Å². The highest BCUT2D eigenvalue weighted by molar-refractivity contribution is 5.90. The van der Waals surface area contributed by atoms with Crippen molar-refractivity contribution >= 4 is 11.8 Å². The van der Waals surface area contributed by atoms with Crippen LogP contribution in [-0.4, -0.2) is 24.9 Å². The zero-order valence-electron chi connectivity index (χ0n) is 15.0. The Balaban J connectivity index is 3.17. The molecule has 0 unspecified atom stereocenters. The second-order valence-corrected chi connectivity index (χ2v) is 6.16. The number of nitrogens with one attached hydrogen (secondary N) is 2. The van der Waals surface area contributed by atoms with E-state index in [1.807, 2.05) is 0 Å². The van der Waals surface area contributed by atoms with Crippen molar-refractivity contribution in [1.82, 2.24) is 10.6 Å². The maximum absolute atomic E-state index is 11.4. The van der Waals surface area contributed by atoms with Crippen molar-refractivity contribution in [3.05, 3.63) is 12.7 Å². The first kappa shape index (κ1) is 21.7. The van der Waals surface area contributed by atoms with E-state index in [2.05, 4.69) is 24.1 Å². The molecule has 2 N–H and O–H groups in total. The fourth-order valence-electron chi connectivity index (χ4n) is 2.50. The highest BCUT2D eigenvalue weighted by Gasteiger charge is 2.01. The lowest BCUT2D eigenvalue weighted by molar-refractivity contribution is -0.123. The summed E-state index contributed by atoms with van der Waals surface area (Å²) < 4.78 is 0. The summed E-state index contributed by atoms with van der Waals surface area (Å²) in [4.78, 5) is 22.3. The fraction of sp³-hybridized carbons (Fsp3) is 0.789. The number of amides is 2. The third-order valence-corrected chi connectivity index (χ3v) is 3.96. The van der Waals surface area contributed by atoms with Crippen LogP contribution in [0.5, 0.6) is 0 Å². The average molecular weight is 325 g/mol. The van der Waals surface area contributed by atoms with E-state index in [0.717, 1.165) is 12.8 Å². The van der Waals surface area contributed by atoms with E-state index in [4.69, 9.17) is 0 Å². The Morgan fingerprint density at radius 2 is 1.26 bits per heavy atom. The maximum atomic E-state index is 11.4. The lowest BCUT2D eigenvalue weighted by Crippen LogP contribution is -2.36. The van der Waals surface area contributed by atoms with Crippen LogP contribution in [-0.2, 0) is 9.59 Å². The summed E-state index contributed by atoms with van der Waals surface area (Å²) in [5, 5.41) is 5.27. The van der Waals surface area contributed by atoms with Crippen LogP contribution in [0.3, 0.4) is 0 Å². The molecule has 0 saturated heterocycles. The standard InChI is InChI=1S/C19H36N2O2/c1-3-5-6-7-8-9-10-11-12-13-14-15-16-20-19(23)17-21-18(22)4-2/h4H,2-3,5-17H2,1H3,(H,20,23)(H,21,22). The number of hydrogen-bond donors (Lipinski definition) is 2. The van der Waals surface area contributed by atoms with E-state index >= 15 is 0 Å². The van der Waals surface area contributed by atoms with Gasteiger partial charge in [-0.15, -0.1) is 0 Å². The topological polar surface area (TPSA) is 58.2 Å². The molecular weight excluding hydrogens is 288 g/mol. The predicted octanol–water partition coefficient (Wildman–Crippen LogP) is 4.11. The molecule has 23 heavy (non-hydrogen) atoms. The van der Waals surface area contributed by atoms with Crippen molar-refractivity contribution in [3.63, 3.8) is 0 Å². The van der Waals surface area contributed by atoms with E-state index in [-0.39, 0.29) is 18.4 Å². The van der Waals surface area contributed by atoms with Gasteiger partial charge in [0.2, 0.25) is 11.8 Å². The van der Waals surface area contributed by atoms with Crippen LogP contribution >= 0.6 is 0 Å². The highest BCUT2D eigenvalue weighted by atomic mass is 16.2. The average Bonchev–Trinajstić information content (AvgIpc) is 2.56. The molecule has 0 aromatic heterocycles. The van der Waals surface area contributed by atoms with Crippen LogP contribution in [0, 0.1) is 0 Å². The molecule has 0 saturated carbocycles. The second-order valence-electron chi connectivity index (χ2n) is 6.16. The normalized spacial score (nSPS) is 10.3. The summed E-state index contributed by atoms with van der Waals surface area (Å²) in [6, 6.07) is 0. The van der Waals surface area contributed by atoms with Crippen molar-refractivity contribution in [2.24, 2.45) is 0 Å². The number of hydrogen-bond acceptors (Lipinski definition) is 2. The van der Waals surface area contributed by atoms with Gasteiger partial charge in [0.15, 0.2) is 0 Å². The quantitative estimate of drug-likeness (QED) is 0.332. The molecule has 0 rings (SSSR count). The SMILES string of the molecule is C=CC(=O)NCC(=O)NCCCCCCCCCCCCCC. The number of rotatable bonds is 16. The Bertz CT molecular complexity index is 316. The summed E-state index contributed by atoms with van der Waals surface area (Å²) >= 11 is 0. The van der Waals surface area contributed by atoms with Gasteiger partial charge in [0.25, 0.3) is 0 Å². The summed E-state index contributed by atoms with van der Waals surface area (Å²) in [6.45, 7) is 6.32. The number of carbonyl (C=O) groups excluding carboxylic acids is 2. The first-order chi connectivity index (χ1) is 11.2. The molecule has 0 aromatic carbocycles. The Hall–Kier alpha value is -1.32. The van der Waals surface area contributed by atoms with Gasteiger partial charge in [-0.25, -0.2) is 0 Å². The monoisotopic (exact) mass is 324 g/mol. The molecular formula is C19H36N2O2. The van der Waals surface area contributed by atoms with E-state index in [1.165, 1.54) is 70.3 Å². The molecule has 134 valence electrons. The summed E-state index contributed by atoms with van der Waals surface area (Å²) in [5.41, 5.74) is 0. The van der Waals surface area contributed by atoms with Gasteiger partial charge in [0.05, 0.1) is 6.54 Å². The van der Waals surface area contributed by atoms with Gasteiger partial charge in [-0.1, -0.05) is 84.1 Å². The van der Waals surface area contributed by atoms with Crippen LogP contribution in [0.4, 0.5) is 0 Å². The van der Waals surface area contributed by atoms with Gasteiger partial charge >= 0.3 is 0 Å². The summed E-state index contributed by atoms with van der Waals surface area (Å²) in [7, 11) is 0. The molecule has 0 bridgehead atoms. The van der Waals surface area contributed by atoms with Crippen LogP contribution in [0.25, 0.3) is 0 Å². The van der Waals surface area contributed by atoms with Crippen LogP contribution in [0.2, 0.25) is 0 Å². The van der Waals surface area contributed by atoms with E-state index in [0.29, 0.717) is 6.54 Å². The van der Waals surface area contributed by atoms with Crippen molar-refractivity contribution < 1.29 is 9.59 Å².